The molecule has 23 heavy (non-hydrogen) atoms. The summed E-state index contributed by atoms with van der Waals surface area (Å²) in [6.07, 6.45) is 4.43. The zero-order valence-electron chi connectivity index (χ0n) is 14.0. The van der Waals surface area contributed by atoms with Gasteiger partial charge in [0.05, 0.1) is 6.20 Å². The first-order chi connectivity index (χ1) is 11.0. The molecule has 8 nitrogen and oxygen atoms in total. The van der Waals surface area contributed by atoms with Gasteiger partial charge in [-0.1, -0.05) is 26.0 Å². The number of H-pyrrole nitrogens is 1. The molecule has 3 heterocycles. The van der Waals surface area contributed by atoms with Gasteiger partial charge in [0.25, 0.3) is 0 Å². The highest BCUT2D eigenvalue weighted by Gasteiger charge is 2.18. The molecule has 0 fully saturated rings. The van der Waals surface area contributed by atoms with Crippen LogP contribution in [0.2, 0.25) is 0 Å². The van der Waals surface area contributed by atoms with Crippen molar-refractivity contribution in [1.82, 2.24) is 40.0 Å². The average molecular weight is 314 g/mol. The predicted octanol–water partition coefficient (Wildman–Crippen LogP) is 1.82. The molecule has 0 saturated heterocycles. The van der Waals surface area contributed by atoms with Crippen molar-refractivity contribution < 1.29 is 0 Å². The van der Waals surface area contributed by atoms with Crippen molar-refractivity contribution >= 4 is 0 Å². The van der Waals surface area contributed by atoms with Crippen LogP contribution in [0.25, 0.3) is 11.4 Å². The van der Waals surface area contributed by atoms with Crippen LogP contribution in [0.4, 0.5) is 0 Å². The quantitative estimate of drug-likeness (QED) is 0.776. The molecule has 0 unspecified atom stereocenters. The Morgan fingerprint density at radius 2 is 2.00 bits per heavy atom. The summed E-state index contributed by atoms with van der Waals surface area (Å²) in [4.78, 5) is 0. The summed E-state index contributed by atoms with van der Waals surface area (Å²) in [5.74, 6) is 0.958. The van der Waals surface area contributed by atoms with Gasteiger partial charge in [-0.15, -0.1) is 15.3 Å². The van der Waals surface area contributed by atoms with Gasteiger partial charge in [-0.3, -0.25) is 9.78 Å². The number of aromatic amines is 1. The SMILES string of the molecule is CCn1cnnc1CCn1cc(-c2cc(C(C)(C)C)[nH]n2)nn1. The van der Waals surface area contributed by atoms with Gasteiger partial charge in [0, 0.05) is 30.6 Å². The first kappa shape index (κ1) is 15.4. The van der Waals surface area contributed by atoms with E-state index < -0.39 is 0 Å². The summed E-state index contributed by atoms with van der Waals surface area (Å²) >= 11 is 0. The number of nitrogens with zero attached hydrogens (tertiary/aromatic N) is 7. The molecule has 1 N–H and O–H groups in total. The molecule has 0 bridgehead atoms. The highest BCUT2D eigenvalue weighted by Crippen LogP contribution is 2.23. The van der Waals surface area contributed by atoms with Crippen LogP contribution in [0, 0.1) is 0 Å². The van der Waals surface area contributed by atoms with E-state index in [1.165, 1.54) is 0 Å². The highest BCUT2D eigenvalue weighted by molar-refractivity contribution is 5.52. The maximum atomic E-state index is 4.34. The predicted molar refractivity (Wildman–Crippen MR) is 85.7 cm³/mol. The fourth-order valence-corrected chi connectivity index (χ4v) is 2.31. The van der Waals surface area contributed by atoms with Gasteiger partial charge in [0.15, 0.2) is 0 Å². The standard InChI is InChI=1S/C15H22N8/c1-5-22-10-16-20-14(22)6-7-23-9-12(18-21-23)11-8-13(19-17-11)15(2,3)4/h8-10H,5-7H2,1-4H3,(H,17,19). The highest BCUT2D eigenvalue weighted by atomic mass is 15.4. The second kappa shape index (κ2) is 5.94. The van der Waals surface area contributed by atoms with Crippen LogP contribution in [0.15, 0.2) is 18.6 Å². The minimum absolute atomic E-state index is 0.0332. The van der Waals surface area contributed by atoms with Crippen LogP contribution in [0.1, 0.15) is 39.2 Å². The zero-order valence-corrected chi connectivity index (χ0v) is 14.0. The molecule has 0 spiro atoms. The average Bonchev–Trinajstić information content (AvgIpc) is 3.23. The van der Waals surface area contributed by atoms with Crippen LogP contribution >= 0.6 is 0 Å². The van der Waals surface area contributed by atoms with Gasteiger partial charge in [-0.25, -0.2) is 0 Å². The monoisotopic (exact) mass is 314 g/mol. The molecule has 3 aromatic rings. The Labute approximate surface area is 134 Å². The van der Waals surface area contributed by atoms with E-state index in [1.807, 2.05) is 21.5 Å². The number of nitrogens with one attached hydrogen (secondary N) is 1. The molecule has 8 heteroatoms. The van der Waals surface area contributed by atoms with Gasteiger partial charge in [-0.05, 0) is 13.0 Å². The van der Waals surface area contributed by atoms with Gasteiger partial charge in [0.2, 0.25) is 0 Å². The van der Waals surface area contributed by atoms with Crippen LogP contribution in [0.3, 0.4) is 0 Å². The Bertz CT molecular complexity index is 773. The van der Waals surface area contributed by atoms with E-state index in [2.05, 4.69) is 58.4 Å². The van der Waals surface area contributed by atoms with E-state index in [1.54, 1.807) is 6.33 Å². The summed E-state index contributed by atoms with van der Waals surface area (Å²) in [6.45, 7) is 10.1. The minimum Gasteiger partial charge on any atom is -0.318 e. The molecular weight excluding hydrogens is 292 g/mol. The zero-order chi connectivity index (χ0) is 16.4. The number of aromatic nitrogens is 8. The number of hydrogen-bond acceptors (Lipinski definition) is 5. The fourth-order valence-electron chi connectivity index (χ4n) is 2.31. The second-order valence-corrected chi connectivity index (χ2v) is 6.57. The molecule has 3 aromatic heterocycles. The summed E-state index contributed by atoms with van der Waals surface area (Å²) < 4.78 is 3.84. The van der Waals surface area contributed by atoms with Crippen molar-refractivity contribution in [2.24, 2.45) is 0 Å². The molecule has 0 atom stereocenters. The van der Waals surface area contributed by atoms with Crippen molar-refractivity contribution in [2.75, 3.05) is 0 Å². The first-order valence-electron chi connectivity index (χ1n) is 7.80. The van der Waals surface area contributed by atoms with Gasteiger partial charge < -0.3 is 4.57 Å². The van der Waals surface area contributed by atoms with Gasteiger partial charge in [-0.2, -0.15) is 5.10 Å². The van der Waals surface area contributed by atoms with E-state index >= 15 is 0 Å². The van der Waals surface area contributed by atoms with Crippen LogP contribution in [-0.4, -0.2) is 40.0 Å². The Morgan fingerprint density at radius 3 is 2.70 bits per heavy atom. The third-order valence-corrected chi connectivity index (χ3v) is 3.79. The Hall–Kier alpha value is -2.51. The van der Waals surface area contributed by atoms with E-state index in [0.717, 1.165) is 35.9 Å². The number of hydrogen-bond donors (Lipinski definition) is 1. The van der Waals surface area contributed by atoms with Crippen molar-refractivity contribution in [3.63, 3.8) is 0 Å². The molecule has 0 aliphatic heterocycles. The van der Waals surface area contributed by atoms with Crippen molar-refractivity contribution in [2.45, 2.75) is 52.6 Å². The van der Waals surface area contributed by atoms with Gasteiger partial charge in [0.1, 0.15) is 23.5 Å². The molecule has 3 rings (SSSR count). The molecular formula is C15H22N8. The first-order valence-corrected chi connectivity index (χ1v) is 7.80. The van der Waals surface area contributed by atoms with Crippen molar-refractivity contribution in [3.8, 4) is 11.4 Å². The molecule has 0 aliphatic rings. The summed E-state index contributed by atoms with van der Waals surface area (Å²) in [7, 11) is 0. The molecule has 122 valence electrons. The van der Waals surface area contributed by atoms with Crippen LogP contribution in [0.5, 0.6) is 0 Å². The normalized spacial score (nSPS) is 12.0. The maximum Gasteiger partial charge on any atom is 0.134 e. The lowest BCUT2D eigenvalue weighted by atomic mass is 9.92. The van der Waals surface area contributed by atoms with Gasteiger partial charge >= 0.3 is 0 Å². The fraction of sp³-hybridized carbons (Fsp3) is 0.533. The molecule has 0 aromatic carbocycles. The Kier molecular flexibility index (Phi) is 3.97. The van der Waals surface area contributed by atoms with E-state index in [-0.39, 0.29) is 5.41 Å². The smallest absolute Gasteiger partial charge is 0.134 e. The Morgan fingerprint density at radius 1 is 1.17 bits per heavy atom. The third-order valence-electron chi connectivity index (χ3n) is 3.79. The van der Waals surface area contributed by atoms with E-state index in [9.17, 15) is 0 Å². The summed E-state index contributed by atoms with van der Waals surface area (Å²) in [5.41, 5.74) is 2.70. The number of aryl methyl sites for hydroxylation is 3. The Balaban J connectivity index is 1.70. The maximum absolute atomic E-state index is 4.34. The van der Waals surface area contributed by atoms with Crippen molar-refractivity contribution in [3.05, 3.63) is 30.1 Å². The van der Waals surface area contributed by atoms with Crippen LogP contribution in [-0.2, 0) is 24.9 Å². The lowest BCUT2D eigenvalue weighted by Gasteiger charge is -2.14. The topological polar surface area (TPSA) is 90.1 Å². The molecule has 0 saturated carbocycles. The second-order valence-electron chi connectivity index (χ2n) is 6.57. The minimum atomic E-state index is 0.0332. The van der Waals surface area contributed by atoms with E-state index in [4.69, 9.17) is 0 Å². The van der Waals surface area contributed by atoms with E-state index in [0.29, 0.717) is 6.54 Å². The molecule has 0 amide bonds. The summed E-state index contributed by atoms with van der Waals surface area (Å²) in [6, 6.07) is 2.03. The largest absolute Gasteiger partial charge is 0.318 e. The third kappa shape index (κ3) is 3.30. The molecule has 0 radical (unpaired) electrons. The van der Waals surface area contributed by atoms with Crippen LogP contribution < -0.4 is 0 Å². The molecule has 0 aliphatic carbocycles. The lowest BCUT2D eigenvalue weighted by Crippen LogP contribution is -2.11. The van der Waals surface area contributed by atoms with Crippen molar-refractivity contribution in [1.29, 1.82) is 0 Å². The number of rotatable bonds is 5. The lowest BCUT2D eigenvalue weighted by molar-refractivity contribution is 0.560. The summed E-state index contributed by atoms with van der Waals surface area (Å²) in [5, 5.41) is 23.9.